The van der Waals surface area contributed by atoms with Gasteiger partial charge in [-0.15, -0.1) is 0 Å². The normalized spacial score (nSPS) is 13.0. The second-order valence-corrected chi connectivity index (χ2v) is 8.50. The Morgan fingerprint density at radius 1 is 0.931 bits per heavy atom. The van der Waals surface area contributed by atoms with Crippen molar-refractivity contribution in [3.8, 4) is 0 Å². The van der Waals surface area contributed by atoms with E-state index in [1.165, 1.54) is 28.5 Å². The standard InChI is InChI=1S/C22H36N2O4S/c1-16(2)7-5-8-17(3)9-6-10-18(4)13-14-29-15-19(22(27)28)24-21(26)12-11-20(23)25/h7,9,13,19H,5-6,8,10-12,14-15H2,1-4H3,(H2,23,25)(H,24,26)(H,27,28)/b17-9+,18-13+/t19-/m0/s1. The molecule has 1 atom stereocenters. The number of hydrogen-bond acceptors (Lipinski definition) is 4. The molecule has 6 nitrogen and oxygen atoms in total. The fraction of sp³-hybridized carbons (Fsp3) is 0.591. The van der Waals surface area contributed by atoms with Crippen molar-refractivity contribution in [3.05, 3.63) is 34.9 Å². The molecule has 2 amide bonds. The third-order valence-corrected chi connectivity index (χ3v) is 5.16. The molecule has 0 heterocycles. The first-order valence-corrected chi connectivity index (χ1v) is 11.1. The predicted molar refractivity (Wildman–Crippen MR) is 121 cm³/mol. The molecule has 164 valence electrons. The molecule has 0 bridgehead atoms. The first-order chi connectivity index (χ1) is 13.6. The molecule has 0 radical (unpaired) electrons. The lowest BCUT2D eigenvalue weighted by molar-refractivity contribution is -0.141. The van der Waals surface area contributed by atoms with Gasteiger partial charge in [-0.25, -0.2) is 4.79 Å². The Hall–Kier alpha value is -2.02. The van der Waals surface area contributed by atoms with Gasteiger partial charge in [-0.05, 0) is 53.4 Å². The van der Waals surface area contributed by atoms with E-state index in [1.54, 1.807) is 0 Å². The summed E-state index contributed by atoms with van der Waals surface area (Å²) in [4.78, 5) is 33.6. The average Bonchev–Trinajstić information content (AvgIpc) is 2.61. The predicted octanol–water partition coefficient (Wildman–Crippen LogP) is 3.97. The Bertz CT molecular complexity index is 635. The minimum atomic E-state index is -1.08. The first-order valence-electron chi connectivity index (χ1n) is 9.94. The fourth-order valence-corrected chi connectivity index (χ4v) is 3.40. The van der Waals surface area contributed by atoms with Crippen molar-refractivity contribution in [1.82, 2.24) is 5.32 Å². The molecule has 29 heavy (non-hydrogen) atoms. The SMILES string of the molecule is CC(C)=CCC/C(C)=C/CC/C(C)=C/CSC[C@H](NC(=O)CCC(N)=O)C(=O)O. The Balaban J connectivity index is 4.20. The van der Waals surface area contributed by atoms with Crippen LogP contribution in [0.1, 0.15) is 66.2 Å². The Labute approximate surface area is 179 Å². The number of thioether (sulfide) groups is 1. The fourth-order valence-electron chi connectivity index (χ4n) is 2.40. The van der Waals surface area contributed by atoms with Crippen LogP contribution in [0.3, 0.4) is 0 Å². The topological polar surface area (TPSA) is 109 Å². The number of aliphatic carboxylic acids is 1. The van der Waals surface area contributed by atoms with Crippen LogP contribution in [0.25, 0.3) is 0 Å². The minimum absolute atomic E-state index is 0.0872. The molecule has 0 aliphatic carbocycles. The average molecular weight is 425 g/mol. The number of carbonyl (C=O) groups excluding carboxylic acids is 2. The number of amides is 2. The van der Waals surface area contributed by atoms with Gasteiger partial charge in [0, 0.05) is 24.3 Å². The number of hydrogen-bond donors (Lipinski definition) is 3. The smallest absolute Gasteiger partial charge is 0.327 e. The van der Waals surface area contributed by atoms with E-state index in [0.29, 0.717) is 5.75 Å². The molecule has 0 unspecified atom stereocenters. The zero-order chi connectivity index (χ0) is 22.2. The molecule has 0 saturated carbocycles. The van der Waals surface area contributed by atoms with Crippen molar-refractivity contribution in [1.29, 1.82) is 0 Å². The molecule has 0 aliphatic heterocycles. The first kappa shape index (κ1) is 27.0. The summed E-state index contributed by atoms with van der Waals surface area (Å²) in [5.74, 6) is -1.18. The molecule has 4 N–H and O–H groups in total. The van der Waals surface area contributed by atoms with E-state index in [-0.39, 0.29) is 18.6 Å². The van der Waals surface area contributed by atoms with Crippen LogP contribution in [0.2, 0.25) is 0 Å². The maximum absolute atomic E-state index is 11.7. The van der Waals surface area contributed by atoms with Crippen LogP contribution < -0.4 is 11.1 Å². The third kappa shape index (κ3) is 16.6. The summed E-state index contributed by atoms with van der Waals surface area (Å²) < 4.78 is 0. The largest absolute Gasteiger partial charge is 0.480 e. The van der Waals surface area contributed by atoms with E-state index in [0.717, 1.165) is 25.7 Å². The monoisotopic (exact) mass is 424 g/mol. The van der Waals surface area contributed by atoms with Crippen molar-refractivity contribution in [2.24, 2.45) is 5.73 Å². The lowest BCUT2D eigenvalue weighted by Gasteiger charge is -2.13. The zero-order valence-electron chi connectivity index (χ0n) is 18.1. The van der Waals surface area contributed by atoms with E-state index < -0.39 is 23.8 Å². The number of allylic oxidation sites excluding steroid dienone is 5. The van der Waals surface area contributed by atoms with Crippen molar-refractivity contribution < 1.29 is 19.5 Å². The van der Waals surface area contributed by atoms with Crippen molar-refractivity contribution in [2.75, 3.05) is 11.5 Å². The molecule has 0 spiro atoms. The zero-order valence-corrected chi connectivity index (χ0v) is 18.9. The van der Waals surface area contributed by atoms with Gasteiger partial charge in [0.25, 0.3) is 0 Å². The summed E-state index contributed by atoms with van der Waals surface area (Å²) in [6.45, 7) is 8.47. The van der Waals surface area contributed by atoms with Crippen LogP contribution in [-0.2, 0) is 14.4 Å². The minimum Gasteiger partial charge on any atom is -0.480 e. The summed E-state index contributed by atoms with van der Waals surface area (Å²) in [5, 5.41) is 11.7. The molecule has 0 aromatic heterocycles. The lowest BCUT2D eigenvalue weighted by Crippen LogP contribution is -2.42. The maximum Gasteiger partial charge on any atom is 0.327 e. The van der Waals surface area contributed by atoms with Crippen molar-refractivity contribution in [3.63, 3.8) is 0 Å². The second kappa shape index (κ2) is 15.9. The van der Waals surface area contributed by atoms with Gasteiger partial charge in [-0.2, -0.15) is 11.8 Å². The van der Waals surface area contributed by atoms with E-state index in [4.69, 9.17) is 5.73 Å². The van der Waals surface area contributed by atoms with Gasteiger partial charge >= 0.3 is 5.97 Å². The maximum atomic E-state index is 11.7. The Morgan fingerprint density at radius 3 is 2.07 bits per heavy atom. The van der Waals surface area contributed by atoms with Gasteiger partial charge < -0.3 is 16.2 Å². The summed E-state index contributed by atoms with van der Waals surface area (Å²) >= 11 is 1.45. The van der Waals surface area contributed by atoms with Crippen LogP contribution in [0.15, 0.2) is 34.9 Å². The number of carbonyl (C=O) groups is 3. The summed E-state index contributed by atoms with van der Waals surface area (Å²) in [5.41, 5.74) is 9.01. The molecule has 0 aromatic carbocycles. The number of carboxylic acids is 1. The molecule has 0 aliphatic rings. The highest BCUT2D eigenvalue weighted by Crippen LogP contribution is 2.13. The van der Waals surface area contributed by atoms with Gasteiger partial charge in [-0.1, -0.05) is 34.9 Å². The molecular formula is C22H36N2O4S. The molecule has 0 fully saturated rings. The van der Waals surface area contributed by atoms with Crippen LogP contribution in [0.4, 0.5) is 0 Å². The number of carboxylic acid groups (broad SMARTS) is 1. The van der Waals surface area contributed by atoms with E-state index in [9.17, 15) is 19.5 Å². The number of rotatable bonds is 15. The Morgan fingerprint density at radius 2 is 1.52 bits per heavy atom. The van der Waals surface area contributed by atoms with Crippen LogP contribution in [-0.4, -0.2) is 40.4 Å². The lowest BCUT2D eigenvalue weighted by atomic mass is 10.1. The Kier molecular flexibility index (Phi) is 14.7. The quantitative estimate of drug-likeness (QED) is 0.272. The van der Waals surface area contributed by atoms with Gasteiger partial charge in [0.2, 0.25) is 11.8 Å². The van der Waals surface area contributed by atoms with Gasteiger partial charge in [-0.3, -0.25) is 9.59 Å². The number of nitrogens with two attached hydrogens (primary N) is 1. The van der Waals surface area contributed by atoms with E-state index >= 15 is 0 Å². The number of primary amides is 1. The molecule has 0 saturated heterocycles. The van der Waals surface area contributed by atoms with E-state index in [1.807, 2.05) is 0 Å². The van der Waals surface area contributed by atoms with Crippen LogP contribution >= 0.6 is 11.8 Å². The molecule has 0 rings (SSSR count). The third-order valence-electron chi connectivity index (χ3n) is 4.19. The van der Waals surface area contributed by atoms with Crippen LogP contribution in [0, 0.1) is 0 Å². The van der Waals surface area contributed by atoms with E-state index in [2.05, 4.69) is 51.2 Å². The highest BCUT2D eigenvalue weighted by atomic mass is 32.2. The second-order valence-electron chi connectivity index (χ2n) is 7.42. The van der Waals surface area contributed by atoms with Gasteiger partial charge in [0.05, 0.1) is 0 Å². The highest BCUT2D eigenvalue weighted by molar-refractivity contribution is 7.99. The molecule has 7 heteroatoms. The molecule has 0 aromatic rings. The highest BCUT2D eigenvalue weighted by Gasteiger charge is 2.19. The number of nitrogens with one attached hydrogen (secondary N) is 1. The van der Waals surface area contributed by atoms with Gasteiger partial charge in [0.15, 0.2) is 0 Å². The summed E-state index contributed by atoms with van der Waals surface area (Å²) in [7, 11) is 0. The summed E-state index contributed by atoms with van der Waals surface area (Å²) in [6.07, 6.45) is 10.6. The van der Waals surface area contributed by atoms with Crippen molar-refractivity contribution >= 4 is 29.5 Å². The van der Waals surface area contributed by atoms with Crippen LogP contribution in [0.5, 0.6) is 0 Å². The van der Waals surface area contributed by atoms with Gasteiger partial charge in [0.1, 0.15) is 6.04 Å². The summed E-state index contributed by atoms with van der Waals surface area (Å²) in [6, 6.07) is -0.972. The molecular weight excluding hydrogens is 388 g/mol. The van der Waals surface area contributed by atoms with Crippen molar-refractivity contribution in [2.45, 2.75) is 72.3 Å².